The van der Waals surface area contributed by atoms with Gasteiger partial charge in [-0.1, -0.05) is 18.3 Å². The summed E-state index contributed by atoms with van der Waals surface area (Å²) in [5.41, 5.74) is 1.65. The van der Waals surface area contributed by atoms with Crippen molar-refractivity contribution in [2.45, 2.75) is 26.8 Å². The van der Waals surface area contributed by atoms with Gasteiger partial charge < -0.3 is 10.1 Å². The maximum absolute atomic E-state index is 12.0. The largest absolute Gasteiger partial charge is 0.478 e. The SMILES string of the molecule is CCOc1cc(CNc2nn3c(=O)cc(CC)nc3s2)ccn1. The maximum atomic E-state index is 12.0. The Labute approximate surface area is 137 Å². The van der Waals surface area contributed by atoms with Gasteiger partial charge in [0.15, 0.2) is 0 Å². The van der Waals surface area contributed by atoms with Gasteiger partial charge in [0.05, 0.1) is 6.61 Å². The first-order valence-corrected chi connectivity index (χ1v) is 8.22. The number of pyridine rings is 1. The van der Waals surface area contributed by atoms with Gasteiger partial charge in [-0.05, 0) is 25.0 Å². The van der Waals surface area contributed by atoms with E-state index in [-0.39, 0.29) is 5.56 Å². The lowest BCUT2D eigenvalue weighted by molar-refractivity contribution is 0.326. The summed E-state index contributed by atoms with van der Waals surface area (Å²) in [6.07, 6.45) is 2.43. The van der Waals surface area contributed by atoms with Crippen molar-refractivity contribution in [1.82, 2.24) is 19.6 Å². The van der Waals surface area contributed by atoms with Gasteiger partial charge in [-0.25, -0.2) is 9.97 Å². The molecule has 0 spiro atoms. The average Bonchev–Trinajstić information content (AvgIpc) is 2.97. The van der Waals surface area contributed by atoms with Crippen molar-refractivity contribution in [2.75, 3.05) is 11.9 Å². The van der Waals surface area contributed by atoms with Gasteiger partial charge in [-0.2, -0.15) is 4.52 Å². The van der Waals surface area contributed by atoms with Crippen molar-refractivity contribution >= 4 is 21.4 Å². The highest BCUT2D eigenvalue weighted by atomic mass is 32.1. The van der Waals surface area contributed by atoms with Crippen molar-refractivity contribution in [3.63, 3.8) is 0 Å². The topological polar surface area (TPSA) is 81.4 Å². The van der Waals surface area contributed by atoms with E-state index in [1.165, 1.54) is 21.9 Å². The molecule has 0 aliphatic rings. The molecule has 1 N–H and O–H groups in total. The van der Waals surface area contributed by atoms with Crippen LogP contribution in [0.4, 0.5) is 5.13 Å². The van der Waals surface area contributed by atoms with Gasteiger partial charge in [0, 0.05) is 30.6 Å². The molecule has 0 aromatic carbocycles. The molecule has 3 rings (SSSR count). The minimum absolute atomic E-state index is 0.154. The summed E-state index contributed by atoms with van der Waals surface area (Å²) in [7, 11) is 0. The van der Waals surface area contributed by atoms with Crippen LogP contribution in [0.1, 0.15) is 25.1 Å². The lowest BCUT2D eigenvalue weighted by atomic mass is 10.2. The number of aryl methyl sites for hydroxylation is 1. The number of aromatic nitrogens is 4. The van der Waals surface area contributed by atoms with E-state index in [0.717, 1.165) is 17.7 Å². The zero-order chi connectivity index (χ0) is 16.2. The molecule has 0 bridgehead atoms. The minimum Gasteiger partial charge on any atom is -0.478 e. The summed E-state index contributed by atoms with van der Waals surface area (Å²) < 4.78 is 6.70. The molecular weight excluding hydrogens is 314 g/mol. The van der Waals surface area contributed by atoms with Crippen LogP contribution >= 0.6 is 11.3 Å². The Balaban J connectivity index is 1.78. The Morgan fingerprint density at radius 3 is 3.00 bits per heavy atom. The zero-order valence-corrected chi connectivity index (χ0v) is 13.8. The van der Waals surface area contributed by atoms with E-state index in [0.29, 0.717) is 29.1 Å². The molecule has 0 aliphatic heterocycles. The second-order valence-electron chi connectivity index (χ2n) is 4.83. The van der Waals surface area contributed by atoms with Crippen LogP contribution in [0, 0.1) is 0 Å². The highest BCUT2D eigenvalue weighted by Crippen LogP contribution is 2.18. The van der Waals surface area contributed by atoms with Crippen molar-refractivity contribution < 1.29 is 4.74 Å². The Hall–Kier alpha value is -2.48. The molecule has 3 aromatic heterocycles. The Morgan fingerprint density at radius 2 is 2.22 bits per heavy atom. The standard InChI is InChI=1S/C15H17N5O2S/c1-3-11-8-13(21)20-15(18-11)23-14(19-20)17-9-10-5-6-16-12(7-10)22-4-2/h5-8H,3-4,9H2,1-2H3,(H,17,19). The summed E-state index contributed by atoms with van der Waals surface area (Å²) in [4.78, 5) is 21.1. The maximum Gasteiger partial charge on any atom is 0.275 e. The highest BCUT2D eigenvalue weighted by Gasteiger charge is 2.08. The van der Waals surface area contributed by atoms with Crippen LogP contribution in [0.5, 0.6) is 5.88 Å². The van der Waals surface area contributed by atoms with Crippen LogP contribution in [0.25, 0.3) is 4.96 Å². The number of ether oxygens (including phenoxy) is 1. The first-order chi connectivity index (χ1) is 11.2. The van der Waals surface area contributed by atoms with E-state index >= 15 is 0 Å². The number of hydrogen-bond donors (Lipinski definition) is 1. The molecule has 0 amide bonds. The first kappa shape index (κ1) is 15.4. The third-order valence-corrected chi connectivity index (χ3v) is 4.06. The van der Waals surface area contributed by atoms with Crippen LogP contribution < -0.4 is 15.6 Å². The molecule has 3 aromatic rings. The molecule has 0 fully saturated rings. The molecule has 7 nitrogen and oxygen atoms in total. The summed E-state index contributed by atoms with van der Waals surface area (Å²) in [6.45, 7) is 5.04. The molecule has 0 aliphatic carbocycles. The molecule has 8 heteroatoms. The molecule has 0 atom stereocenters. The van der Waals surface area contributed by atoms with Crippen LogP contribution in [0.2, 0.25) is 0 Å². The molecule has 23 heavy (non-hydrogen) atoms. The van der Waals surface area contributed by atoms with Gasteiger partial charge in [0.25, 0.3) is 5.56 Å². The summed E-state index contributed by atoms with van der Waals surface area (Å²) >= 11 is 1.36. The number of hydrogen-bond acceptors (Lipinski definition) is 7. The number of rotatable bonds is 6. The summed E-state index contributed by atoms with van der Waals surface area (Å²) in [5.74, 6) is 0.599. The molecular formula is C15H17N5O2S. The lowest BCUT2D eigenvalue weighted by Crippen LogP contribution is -2.15. The Bertz CT molecular complexity index is 874. The fourth-order valence-electron chi connectivity index (χ4n) is 2.07. The molecule has 0 unspecified atom stereocenters. The number of nitrogens with zero attached hydrogens (tertiary/aromatic N) is 4. The van der Waals surface area contributed by atoms with Gasteiger partial charge in [-0.15, -0.1) is 5.10 Å². The van der Waals surface area contributed by atoms with Gasteiger partial charge in [-0.3, -0.25) is 4.79 Å². The second kappa shape index (κ2) is 6.74. The first-order valence-electron chi connectivity index (χ1n) is 7.41. The van der Waals surface area contributed by atoms with Crippen molar-refractivity contribution in [3.8, 4) is 5.88 Å². The van der Waals surface area contributed by atoms with E-state index in [2.05, 4.69) is 20.4 Å². The van der Waals surface area contributed by atoms with Crippen molar-refractivity contribution in [2.24, 2.45) is 0 Å². The Kier molecular flexibility index (Phi) is 4.52. The average molecular weight is 331 g/mol. The smallest absolute Gasteiger partial charge is 0.275 e. The fraction of sp³-hybridized carbons (Fsp3) is 0.333. The van der Waals surface area contributed by atoms with Crippen LogP contribution in [-0.4, -0.2) is 26.2 Å². The third kappa shape index (κ3) is 3.48. The van der Waals surface area contributed by atoms with E-state index in [9.17, 15) is 4.79 Å². The van der Waals surface area contributed by atoms with Crippen LogP contribution in [0.3, 0.4) is 0 Å². The predicted molar refractivity (Wildman–Crippen MR) is 89.2 cm³/mol. The lowest BCUT2D eigenvalue weighted by Gasteiger charge is -2.05. The summed E-state index contributed by atoms with van der Waals surface area (Å²) in [5, 5.41) is 8.12. The molecule has 0 radical (unpaired) electrons. The number of nitrogens with one attached hydrogen (secondary N) is 1. The molecule has 0 saturated carbocycles. The van der Waals surface area contributed by atoms with E-state index in [4.69, 9.17) is 4.74 Å². The van der Waals surface area contributed by atoms with Crippen LogP contribution in [-0.2, 0) is 13.0 Å². The van der Waals surface area contributed by atoms with Gasteiger partial charge in [0.1, 0.15) is 0 Å². The molecule has 0 saturated heterocycles. The van der Waals surface area contributed by atoms with Gasteiger partial charge in [0.2, 0.25) is 16.0 Å². The van der Waals surface area contributed by atoms with Gasteiger partial charge >= 0.3 is 0 Å². The van der Waals surface area contributed by atoms with Crippen molar-refractivity contribution in [1.29, 1.82) is 0 Å². The third-order valence-electron chi connectivity index (χ3n) is 3.20. The van der Waals surface area contributed by atoms with E-state index in [1.807, 2.05) is 26.0 Å². The van der Waals surface area contributed by atoms with Crippen molar-refractivity contribution in [3.05, 3.63) is 46.0 Å². The molecule has 120 valence electrons. The minimum atomic E-state index is -0.154. The summed E-state index contributed by atoms with van der Waals surface area (Å²) in [6, 6.07) is 5.31. The fourth-order valence-corrected chi connectivity index (χ4v) is 2.89. The normalized spacial score (nSPS) is 10.9. The predicted octanol–water partition coefficient (Wildman–Crippen LogP) is 2.12. The zero-order valence-electron chi connectivity index (χ0n) is 12.9. The quantitative estimate of drug-likeness (QED) is 0.745. The number of fused-ring (bicyclic) bond motifs is 1. The van der Waals surface area contributed by atoms with Crippen LogP contribution in [0.15, 0.2) is 29.2 Å². The Morgan fingerprint density at radius 1 is 1.35 bits per heavy atom. The second-order valence-corrected chi connectivity index (χ2v) is 5.79. The number of anilines is 1. The van der Waals surface area contributed by atoms with E-state index < -0.39 is 0 Å². The van der Waals surface area contributed by atoms with E-state index in [1.54, 1.807) is 6.20 Å². The monoisotopic (exact) mass is 331 g/mol. The highest BCUT2D eigenvalue weighted by molar-refractivity contribution is 7.20. The molecule has 3 heterocycles.